The number of rotatable bonds is 49. The van der Waals surface area contributed by atoms with Crippen LogP contribution in [0.5, 0.6) is 0 Å². The standard InChI is InChI=1S/C54H102NO7P/c1-6-8-10-12-14-16-18-20-22-24-26-28-29-31-33-35-37-39-41-43-45-47-54(56)62-53(52-61-63(57,58)60-50-48-55(3,4)5)51-59-49-46-44-42-40-38-36-34-32-30-27-25-23-21-19-17-15-13-11-9-7-2/h15,17-18,20-21,23-24,26,53H,6-14,16,19,22,25,27-52H2,1-5H3/p+1/b17-15-,20-18-,23-21-,26-24-. The van der Waals surface area contributed by atoms with E-state index < -0.39 is 13.9 Å². The minimum absolute atomic E-state index is 0.0864. The molecular formula is C54H103NO7P+. The number of ether oxygens (including phenoxy) is 2. The Hall–Kier alpha value is -1.54. The van der Waals surface area contributed by atoms with Crippen LogP contribution in [-0.4, -0.2) is 75.6 Å². The van der Waals surface area contributed by atoms with Crippen molar-refractivity contribution >= 4 is 13.8 Å². The van der Waals surface area contributed by atoms with Crippen molar-refractivity contribution in [1.82, 2.24) is 0 Å². The van der Waals surface area contributed by atoms with Crippen LogP contribution in [0.15, 0.2) is 48.6 Å². The highest BCUT2D eigenvalue weighted by Gasteiger charge is 2.26. The van der Waals surface area contributed by atoms with Gasteiger partial charge in [0.05, 0.1) is 34.4 Å². The molecule has 2 atom stereocenters. The third kappa shape index (κ3) is 51.3. The van der Waals surface area contributed by atoms with Crippen molar-refractivity contribution in [1.29, 1.82) is 0 Å². The molecule has 0 aliphatic heterocycles. The predicted octanol–water partition coefficient (Wildman–Crippen LogP) is 16.3. The fourth-order valence-electron chi connectivity index (χ4n) is 7.26. The van der Waals surface area contributed by atoms with Gasteiger partial charge in [-0.1, -0.05) is 197 Å². The van der Waals surface area contributed by atoms with Crippen LogP contribution < -0.4 is 0 Å². The molecule has 63 heavy (non-hydrogen) atoms. The molecular weight excluding hydrogens is 806 g/mol. The lowest BCUT2D eigenvalue weighted by Gasteiger charge is -2.24. The molecule has 0 saturated heterocycles. The Kier molecular flexibility index (Phi) is 45.8. The van der Waals surface area contributed by atoms with Crippen LogP contribution in [0.3, 0.4) is 0 Å². The average Bonchev–Trinajstić information content (AvgIpc) is 3.24. The van der Waals surface area contributed by atoms with Gasteiger partial charge in [-0.3, -0.25) is 13.8 Å². The Bertz CT molecular complexity index is 1150. The topological polar surface area (TPSA) is 91.3 Å². The van der Waals surface area contributed by atoms with Crippen LogP contribution in [-0.2, 0) is 27.9 Å². The van der Waals surface area contributed by atoms with E-state index >= 15 is 0 Å². The molecule has 0 rings (SSSR count). The van der Waals surface area contributed by atoms with Crippen LogP contribution in [0.2, 0.25) is 0 Å². The minimum atomic E-state index is -4.28. The van der Waals surface area contributed by atoms with Crippen molar-refractivity contribution < 1.29 is 37.3 Å². The first-order valence-corrected chi connectivity index (χ1v) is 27.9. The number of esters is 1. The number of carbonyl (C=O) groups is 1. The van der Waals surface area contributed by atoms with Gasteiger partial charge in [-0.25, -0.2) is 4.57 Å². The number of allylic oxidation sites excluding steroid dienone is 8. The van der Waals surface area contributed by atoms with Gasteiger partial charge in [-0.2, -0.15) is 0 Å². The Morgan fingerprint density at radius 3 is 1.32 bits per heavy atom. The van der Waals surface area contributed by atoms with Crippen LogP contribution in [0, 0.1) is 0 Å². The summed E-state index contributed by atoms with van der Waals surface area (Å²) in [5.74, 6) is -0.318. The number of carbonyl (C=O) groups excluding carboxylic acids is 1. The third-order valence-electron chi connectivity index (χ3n) is 11.4. The first-order valence-electron chi connectivity index (χ1n) is 26.4. The van der Waals surface area contributed by atoms with E-state index in [-0.39, 0.29) is 25.8 Å². The predicted molar refractivity (Wildman–Crippen MR) is 270 cm³/mol. The lowest BCUT2D eigenvalue weighted by molar-refractivity contribution is -0.870. The summed E-state index contributed by atoms with van der Waals surface area (Å²) >= 11 is 0. The van der Waals surface area contributed by atoms with Crippen molar-refractivity contribution in [2.75, 3.05) is 54.1 Å². The number of nitrogens with zero attached hydrogens (tertiary/aromatic N) is 1. The summed E-state index contributed by atoms with van der Waals surface area (Å²) < 4.78 is 35.2. The van der Waals surface area contributed by atoms with E-state index in [0.717, 1.165) is 44.9 Å². The molecule has 0 aromatic heterocycles. The number of quaternary nitrogens is 1. The van der Waals surface area contributed by atoms with Crippen molar-refractivity contribution in [3.63, 3.8) is 0 Å². The molecule has 8 nitrogen and oxygen atoms in total. The molecule has 0 radical (unpaired) electrons. The summed E-state index contributed by atoms with van der Waals surface area (Å²) in [5, 5.41) is 0. The monoisotopic (exact) mass is 909 g/mol. The smallest absolute Gasteiger partial charge is 0.457 e. The van der Waals surface area contributed by atoms with Gasteiger partial charge in [0.25, 0.3) is 0 Å². The van der Waals surface area contributed by atoms with Gasteiger partial charge in [-0.05, 0) is 77.0 Å². The van der Waals surface area contributed by atoms with E-state index in [1.54, 1.807) is 0 Å². The highest BCUT2D eigenvalue weighted by molar-refractivity contribution is 7.47. The summed E-state index contributed by atoms with van der Waals surface area (Å²) in [4.78, 5) is 23.0. The highest BCUT2D eigenvalue weighted by Crippen LogP contribution is 2.43. The minimum Gasteiger partial charge on any atom is -0.457 e. The maximum Gasteiger partial charge on any atom is 0.472 e. The largest absolute Gasteiger partial charge is 0.472 e. The van der Waals surface area contributed by atoms with Crippen LogP contribution >= 0.6 is 7.82 Å². The summed E-state index contributed by atoms with van der Waals surface area (Å²) in [6, 6.07) is 0. The first kappa shape index (κ1) is 61.5. The lowest BCUT2D eigenvalue weighted by atomic mass is 10.1. The van der Waals surface area contributed by atoms with Crippen molar-refractivity contribution in [2.24, 2.45) is 0 Å². The molecule has 0 spiro atoms. The normalized spacial score (nSPS) is 13.9. The van der Waals surface area contributed by atoms with Gasteiger partial charge in [0.1, 0.15) is 19.3 Å². The number of likely N-dealkylation sites (N-methyl/N-ethyl adjacent to an activating group) is 1. The number of hydrogen-bond donors (Lipinski definition) is 1. The summed E-state index contributed by atoms with van der Waals surface area (Å²) in [5.41, 5.74) is 0. The van der Waals surface area contributed by atoms with E-state index in [2.05, 4.69) is 62.5 Å². The van der Waals surface area contributed by atoms with Crippen molar-refractivity contribution in [3.05, 3.63) is 48.6 Å². The first-order chi connectivity index (χ1) is 30.6. The zero-order valence-electron chi connectivity index (χ0n) is 42.1. The molecule has 0 aliphatic carbocycles. The van der Waals surface area contributed by atoms with Gasteiger partial charge < -0.3 is 18.9 Å². The van der Waals surface area contributed by atoms with Gasteiger partial charge in [-0.15, -0.1) is 0 Å². The third-order valence-corrected chi connectivity index (χ3v) is 12.3. The van der Waals surface area contributed by atoms with Gasteiger partial charge >= 0.3 is 13.8 Å². The molecule has 0 aromatic carbocycles. The zero-order chi connectivity index (χ0) is 46.2. The van der Waals surface area contributed by atoms with Gasteiger partial charge in [0, 0.05) is 13.0 Å². The molecule has 9 heteroatoms. The maximum absolute atomic E-state index is 12.8. The van der Waals surface area contributed by atoms with E-state index in [0.29, 0.717) is 24.1 Å². The molecule has 0 aromatic rings. The second-order valence-electron chi connectivity index (χ2n) is 18.9. The van der Waals surface area contributed by atoms with Crippen LogP contribution in [0.4, 0.5) is 0 Å². The van der Waals surface area contributed by atoms with Crippen LogP contribution in [0.1, 0.15) is 232 Å². The molecule has 0 saturated carbocycles. The molecule has 0 bridgehead atoms. The SMILES string of the molecule is CCCCC/C=C\C/C=C\CCCCCCCCCCCCOCC(COP(=O)(O)OCC[N+](C)(C)C)OC(=O)CCCCCCCCCCC/C=C\C/C=C\CCCCCCC. The van der Waals surface area contributed by atoms with E-state index in [4.69, 9.17) is 18.5 Å². The molecule has 0 heterocycles. The number of unbranched alkanes of at least 4 members (excludes halogenated alkanes) is 27. The second kappa shape index (κ2) is 47.0. The Balaban J connectivity index is 4.14. The summed E-state index contributed by atoms with van der Waals surface area (Å²) in [6.07, 6.45) is 58.7. The Morgan fingerprint density at radius 2 is 0.873 bits per heavy atom. The molecule has 0 fully saturated rings. The summed E-state index contributed by atoms with van der Waals surface area (Å²) in [6.45, 7) is 5.60. The molecule has 2 unspecified atom stereocenters. The average molecular weight is 909 g/mol. The fraction of sp³-hybridized carbons (Fsp3) is 0.833. The molecule has 0 amide bonds. The Labute approximate surface area is 390 Å². The van der Waals surface area contributed by atoms with Crippen molar-refractivity contribution in [2.45, 2.75) is 238 Å². The number of hydrogen-bond acceptors (Lipinski definition) is 6. The summed E-state index contributed by atoms with van der Waals surface area (Å²) in [7, 11) is 1.66. The van der Waals surface area contributed by atoms with E-state index in [1.165, 1.54) is 167 Å². The molecule has 370 valence electrons. The van der Waals surface area contributed by atoms with E-state index in [9.17, 15) is 14.3 Å². The molecule has 1 N–H and O–H groups in total. The van der Waals surface area contributed by atoms with Crippen LogP contribution in [0.25, 0.3) is 0 Å². The lowest BCUT2D eigenvalue weighted by Crippen LogP contribution is -2.37. The van der Waals surface area contributed by atoms with Gasteiger partial charge in [0.2, 0.25) is 0 Å². The number of phosphoric acid groups is 1. The highest BCUT2D eigenvalue weighted by atomic mass is 31.2. The molecule has 0 aliphatic rings. The maximum atomic E-state index is 12.8. The van der Waals surface area contributed by atoms with Gasteiger partial charge in [0.15, 0.2) is 0 Å². The fourth-order valence-corrected chi connectivity index (χ4v) is 8.00. The Morgan fingerprint density at radius 1 is 0.492 bits per heavy atom. The van der Waals surface area contributed by atoms with Crippen molar-refractivity contribution in [3.8, 4) is 0 Å². The zero-order valence-corrected chi connectivity index (χ0v) is 43.0. The second-order valence-corrected chi connectivity index (χ2v) is 20.4. The number of phosphoric ester groups is 1. The van der Waals surface area contributed by atoms with E-state index in [1.807, 2.05) is 21.1 Å². The quantitative estimate of drug-likeness (QED) is 0.0214.